The molecule has 0 aromatic heterocycles. The van der Waals surface area contributed by atoms with Crippen molar-refractivity contribution in [1.29, 1.82) is 0 Å². The van der Waals surface area contributed by atoms with Crippen molar-refractivity contribution in [1.82, 2.24) is 0 Å². The van der Waals surface area contributed by atoms with Crippen LogP contribution in [0.15, 0.2) is 72.8 Å². The highest BCUT2D eigenvalue weighted by Crippen LogP contribution is 2.29. The highest BCUT2D eigenvalue weighted by atomic mass is 16.3. The Bertz CT molecular complexity index is 1050. The highest BCUT2D eigenvalue weighted by molar-refractivity contribution is 6.02. The Morgan fingerprint density at radius 2 is 1.60 bits per heavy atom. The molecule has 0 aliphatic heterocycles. The van der Waals surface area contributed by atoms with Gasteiger partial charge in [-0.15, -0.1) is 0 Å². The van der Waals surface area contributed by atoms with E-state index in [2.05, 4.69) is 10.2 Å². The van der Waals surface area contributed by atoms with Crippen molar-refractivity contribution in [3.8, 4) is 0 Å². The Morgan fingerprint density at radius 3 is 2.20 bits per heavy atom. The van der Waals surface area contributed by atoms with Crippen LogP contribution in [0.2, 0.25) is 0 Å². The normalized spacial score (nSPS) is 12.5. The molecule has 2 unspecified atom stereocenters. The molecule has 0 aliphatic rings. The average Bonchev–Trinajstić information content (AvgIpc) is 2.76. The Hall–Kier alpha value is -3.62. The number of rotatable bonds is 5. The SMILES string of the molecule is [C-]#[N+]c1cccc(C(O)C(C)N(C(=O)Nc2ccc(C)cc2)c2ccc(C)cc2)c1. The number of nitrogens with zero attached hydrogens (tertiary/aromatic N) is 2. The first-order chi connectivity index (χ1) is 14.4. The van der Waals surface area contributed by atoms with Gasteiger partial charge < -0.3 is 10.4 Å². The van der Waals surface area contributed by atoms with Gasteiger partial charge >= 0.3 is 6.03 Å². The molecule has 0 aliphatic carbocycles. The maximum atomic E-state index is 13.2. The molecule has 0 saturated carbocycles. The maximum absolute atomic E-state index is 13.2. The minimum Gasteiger partial charge on any atom is -0.386 e. The number of aryl methyl sites for hydroxylation is 2. The molecule has 0 bridgehead atoms. The number of hydrogen-bond donors (Lipinski definition) is 2. The largest absolute Gasteiger partial charge is 0.386 e. The van der Waals surface area contributed by atoms with Crippen LogP contribution in [0.4, 0.5) is 21.9 Å². The van der Waals surface area contributed by atoms with Crippen LogP contribution in [0.1, 0.15) is 29.7 Å². The molecule has 2 amide bonds. The number of aliphatic hydroxyl groups is 1. The van der Waals surface area contributed by atoms with Crippen molar-refractivity contribution >= 4 is 23.1 Å². The van der Waals surface area contributed by atoms with Gasteiger partial charge in [0.1, 0.15) is 0 Å². The second-order valence-corrected chi connectivity index (χ2v) is 7.39. The van der Waals surface area contributed by atoms with E-state index in [0.29, 0.717) is 22.6 Å². The molecule has 5 nitrogen and oxygen atoms in total. The molecule has 0 radical (unpaired) electrons. The summed E-state index contributed by atoms with van der Waals surface area (Å²) in [6.07, 6.45) is -0.961. The summed E-state index contributed by atoms with van der Waals surface area (Å²) in [5, 5.41) is 13.9. The first-order valence-electron chi connectivity index (χ1n) is 9.78. The third kappa shape index (κ3) is 4.86. The van der Waals surface area contributed by atoms with Gasteiger partial charge in [0.2, 0.25) is 0 Å². The summed E-state index contributed by atoms with van der Waals surface area (Å²) in [6, 6.07) is 21.1. The zero-order chi connectivity index (χ0) is 21.7. The second-order valence-electron chi connectivity index (χ2n) is 7.39. The number of amides is 2. The van der Waals surface area contributed by atoms with Gasteiger partial charge in [0.15, 0.2) is 5.69 Å². The van der Waals surface area contributed by atoms with E-state index in [9.17, 15) is 9.90 Å². The predicted molar refractivity (Wildman–Crippen MR) is 121 cm³/mol. The minimum absolute atomic E-state index is 0.337. The number of anilines is 2. The second kappa shape index (κ2) is 9.25. The Balaban J connectivity index is 1.93. The van der Waals surface area contributed by atoms with E-state index in [1.54, 1.807) is 36.1 Å². The Labute approximate surface area is 177 Å². The number of aliphatic hydroxyl groups excluding tert-OH is 1. The van der Waals surface area contributed by atoms with Gasteiger partial charge in [0.25, 0.3) is 0 Å². The molecule has 2 atom stereocenters. The van der Waals surface area contributed by atoms with Gasteiger partial charge in [-0.1, -0.05) is 59.7 Å². The van der Waals surface area contributed by atoms with Gasteiger partial charge in [-0.3, -0.25) is 4.90 Å². The lowest BCUT2D eigenvalue weighted by Crippen LogP contribution is -2.44. The van der Waals surface area contributed by atoms with E-state index < -0.39 is 12.1 Å². The van der Waals surface area contributed by atoms with E-state index in [1.165, 1.54) is 0 Å². The number of hydrogen-bond acceptors (Lipinski definition) is 2. The van der Waals surface area contributed by atoms with Crippen LogP contribution in [0, 0.1) is 20.4 Å². The van der Waals surface area contributed by atoms with E-state index >= 15 is 0 Å². The van der Waals surface area contributed by atoms with Crippen LogP contribution in [0.5, 0.6) is 0 Å². The zero-order valence-corrected chi connectivity index (χ0v) is 17.3. The molecule has 30 heavy (non-hydrogen) atoms. The molecule has 0 heterocycles. The van der Waals surface area contributed by atoms with Crippen molar-refractivity contribution in [2.45, 2.75) is 32.9 Å². The summed E-state index contributed by atoms with van der Waals surface area (Å²) in [5.41, 5.74) is 4.58. The van der Waals surface area contributed by atoms with Crippen LogP contribution >= 0.6 is 0 Å². The molecule has 3 rings (SSSR count). The summed E-state index contributed by atoms with van der Waals surface area (Å²) in [5.74, 6) is 0. The van der Waals surface area contributed by atoms with Crippen LogP contribution in [0.25, 0.3) is 4.85 Å². The molecule has 5 heteroatoms. The average molecular weight is 399 g/mol. The van der Waals surface area contributed by atoms with Gasteiger partial charge in [0, 0.05) is 11.4 Å². The molecule has 3 aromatic carbocycles. The fourth-order valence-corrected chi connectivity index (χ4v) is 3.26. The summed E-state index contributed by atoms with van der Waals surface area (Å²) >= 11 is 0. The van der Waals surface area contributed by atoms with Gasteiger partial charge in [0.05, 0.1) is 18.7 Å². The minimum atomic E-state index is -0.961. The van der Waals surface area contributed by atoms with E-state index in [-0.39, 0.29) is 6.03 Å². The number of carbonyl (C=O) groups is 1. The number of nitrogens with one attached hydrogen (secondary N) is 1. The van der Waals surface area contributed by atoms with Crippen molar-refractivity contribution in [2.75, 3.05) is 10.2 Å². The van der Waals surface area contributed by atoms with Crippen molar-refractivity contribution in [2.24, 2.45) is 0 Å². The lowest BCUT2D eigenvalue weighted by molar-refractivity contribution is 0.150. The lowest BCUT2D eigenvalue weighted by atomic mass is 10.0. The van der Waals surface area contributed by atoms with Crippen molar-refractivity contribution in [3.05, 3.63) is 101 Å². The third-order valence-electron chi connectivity index (χ3n) is 5.04. The maximum Gasteiger partial charge on any atom is 0.326 e. The first-order valence-corrected chi connectivity index (χ1v) is 9.78. The van der Waals surface area contributed by atoms with E-state index in [4.69, 9.17) is 6.57 Å². The smallest absolute Gasteiger partial charge is 0.326 e. The molecule has 0 fully saturated rings. The van der Waals surface area contributed by atoms with Gasteiger partial charge in [-0.2, -0.15) is 0 Å². The molecule has 3 aromatic rings. The standard InChI is InChI=1S/C25H25N3O2/c1-17-8-12-21(13-9-17)27-25(30)28(23-14-10-18(2)11-15-23)19(3)24(29)20-6-5-7-22(16-20)26-4/h5-16,19,24,29H,1-3H3,(H,27,30). The molecule has 2 N–H and O–H groups in total. The molecule has 152 valence electrons. The molecule has 0 spiro atoms. The van der Waals surface area contributed by atoms with E-state index in [0.717, 1.165) is 11.1 Å². The monoisotopic (exact) mass is 399 g/mol. The fraction of sp³-hybridized carbons (Fsp3) is 0.200. The summed E-state index contributed by atoms with van der Waals surface area (Å²) < 4.78 is 0. The fourth-order valence-electron chi connectivity index (χ4n) is 3.26. The van der Waals surface area contributed by atoms with E-state index in [1.807, 2.05) is 62.4 Å². The third-order valence-corrected chi connectivity index (χ3v) is 5.04. The number of carbonyl (C=O) groups excluding carboxylic acids is 1. The van der Waals surface area contributed by atoms with Crippen LogP contribution in [-0.4, -0.2) is 17.2 Å². The summed E-state index contributed by atoms with van der Waals surface area (Å²) in [6.45, 7) is 13.0. The molecular formula is C25H25N3O2. The Morgan fingerprint density at radius 1 is 1.00 bits per heavy atom. The number of benzene rings is 3. The van der Waals surface area contributed by atoms with Crippen LogP contribution in [0.3, 0.4) is 0 Å². The quantitative estimate of drug-likeness (QED) is 0.516. The van der Waals surface area contributed by atoms with Gasteiger partial charge in [-0.25, -0.2) is 9.64 Å². The summed E-state index contributed by atoms with van der Waals surface area (Å²) in [7, 11) is 0. The van der Waals surface area contributed by atoms with Crippen molar-refractivity contribution < 1.29 is 9.90 Å². The lowest BCUT2D eigenvalue weighted by Gasteiger charge is -2.33. The predicted octanol–water partition coefficient (Wildman–Crippen LogP) is 6.01. The van der Waals surface area contributed by atoms with Gasteiger partial charge in [-0.05, 0) is 50.6 Å². The van der Waals surface area contributed by atoms with Crippen molar-refractivity contribution in [3.63, 3.8) is 0 Å². The molecular weight excluding hydrogens is 374 g/mol. The highest BCUT2D eigenvalue weighted by Gasteiger charge is 2.29. The summed E-state index contributed by atoms with van der Waals surface area (Å²) in [4.78, 5) is 18.2. The molecule has 0 saturated heterocycles. The Kier molecular flexibility index (Phi) is 6.51. The topological polar surface area (TPSA) is 56.9 Å². The first kappa shape index (κ1) is 21.1. The van der Waals surface area contributed by atoms with Crippen LogP contribution < -0.4 is 10.2 Å². The number of urea groups is 1. The van der Waals surface area contributed by atoms with Crippen LogP contribution in [-0.2, 0) is 0 Å². The zero-order valence-electron chi connectivity index (χ0n) is 17.3.